The zero-order valence-electron chi connectivity index (χ0n) is 13.1. The van der Waals surface area contributed by atoms with E-state index < -0.39 is 0 Å². The van der Waals surface area contributed by atoms with Crippen LogP contribution in [-0.4, -0.2) is 43.6 Å². The summed E-state index contributed by atoms with van der Waals surface area (Å²) in [5, 5.41) is 2.66. The minimum absolute atomic E-state index is 0.00208. The molecule has 1 saturated heterocycles. The summed E-state index contributed by atoms with van der Waals surface area (Å²) >= 11 is 0. The van der Waals surface area contributed by atoms with E-state index in [-0.39, 0.29) is 24.5 Å². The van der Waals surface area contributed by atoms with Crippen molar-refractivity contribution in [1.82, 2.24) is 10.2 Å². The first kappa shape index (κ1) is 15.4. The van der Waals surface area contributed by atoms with Crippen LogP contribution in [0.25, 0.3) is 6.08 Å². The molecule has 0 bridgehead atoms. The summed E-state index contributed by atoms with van der Waals surface area (Å²) in [5.41, 5.74) is 0.877. The average Bonchev–Trinajstić information content (AvgIpc) is 3.06. The van der Waals surface area contributed by atoms with Gasteiger partial charge in [0, 0.05) is 26.2 Å². The maximum Gasteiger partial charge on any atom is 0.246 e. The lowest BCUT2D eigenvalue weighted by atomic mass is 9.97. The summed E-state index contributed by atoms with van der Waals surface area (Å²) in [5.74, 6) is 1.23. The molecule has 0 spiro atoms. The van der Waals surface area contributed by atoms with E-state index in [9.17, 15) is 9.59 Å². The third-order valence-corrected chi connectivity index (χ3v) is 4.17. The zero-order valence-corrected chi connectivity index (χ0v) is 13.1. The number of ether oxygens (including phenoxy) is 2. The predicted molar refractivity (Wildman–Crippen MR) is 85.0 cm³/mol. The van der Waals surface area contributed by atoms with Crippen molar-refractivity contribution in [3.05, 3.63) is 29.8 Å². The van der Waals surface area contributed by atoms with Gasteiger partial charge in [-0.1, -0.05) is 6.07 Å². The summed E-state index contributed by atoms with van der Waals surface area (Å²) in [6, 6.07) is 5.55. The topological polar surface area (TPSA) is 67.9 Å². The Kier molecular flexibility index (Phi) is 4.50. The number of piperidine rings is 1. The van der Waals surface area contributed by atoms with Crippen LogP contribution in [0.1, 0.15) is 18.4 Å². The first-order valence-corrected chi connectivity index (χ1v) is 7.75. The maximum absolute atomic E-state index is 12.3. The van der Waals surface area contributed by atoms with E-state index in [2.05, 4.69) is 5.32 Å². The number of amides is 2. The molecule has 2 aliphatic heterocycles. The summed E-state index contributed by atoms with van der Waals surface area (Å²) in [6.07, 6.45) is 4.98. The maximum atomic E-state index is 12.3. The van der Waals surface area contributed by atoms with Crippen LogP contribution in [0.3, 0.4) is 0 Å². The second-order valence-electron chi connectivity index (χ2n) is 5.68. The van der Waals surface area contributed by atoms with Gasteiger partial charge in [-0.2, -0.15) is 0 Å². The van der Waals surface area contributed by atoms with Crippen LogP contribution in [0.5, 0.6) is 11.5 Å². The van der Waals surface area contributed by atoms with Gasteiger partial charge in [-0.15, -0.1) is 0 Å². The minimum atomic E-state index is -0.114. The van der Waals surface area contributed by atoms with Crippen molar-refractivity contribution < 1.29 is 19.1 Å². The van der Waals surface area contributed by atoms with E-state index in [0.29, 0.717) is 18.8 Å². The van der Waals surface area contributed by atoms with Crippen LogP contribution in [0.4, 0.5) is 0 Å². The largest absolute Gasteiger partial charge is 0.454 e. The van der Waals surface area contributed by atoms with Crippen molar-refractivity contribution in [2.75, 3.05) is 26.9 Å². The number of nitrogens with one attached hydrogen (secondary N) is 1. The van der Waals surface area contributed by atoms with Gasteiger partial charge >= 0.3 is 0 Å². The molecule has 1 fully saturated rings. The highest BCUT2D eigenvalue weighted by Gasteiger charge is 2.26. The van der Waals surface area contributed by atoms with Gasteiger partial charge in [0.2, 0.25) is 18.6 Å². The van der Waals surface area contributed by atoms with Gasteiger partial charge in [-0.3, -0.25) is 9.59 Å². The molecule has 0 aromatic heterocycles. The lowest BCUT2D eigenvalue weighted by Crippen LogP contribution is -2.44. The van der Waals surface area contributed by atoms with Gasteiger partial charge in [-0.25, -0.2) is 0 Å². The SMILES string of the molecule is CNC(=O)[C@H]1CCCN(C(=O)/C=C\c2ccc3c(c2)OCO3)C1. The van der Waals surface area contributed by atoms with Gasteiger partial charge in [0.05, 0.1) is 5.92 Å². The molecule has 1 N–H and O–H groups in total. The molecule has 1 aromatic rings. The lowest BCUT2D eigenvalue weighted by molar-refractivity contribution is -0.131. The zero-order chi connectivity index (χ0) is 16.2. The van der Waals surface area contributed by atoms with Crippen molar-refractivity contribution in [3.8, 4) is 11.5 Å². The Labute approximate surface area is 135 Å². The normalized spacial score (nSPS) is 19.9. The Morgan fingerprint density at radius 1 is 1.30 bits per heavy atom. The van der Waals surface area contributed by atoms with Crippen molar-refractivity contribution in [1.29, 1.82) is 0 Å². The van der Waals surface area contributed by atoms with Gasteiger partial charge in [-0.05, 0) is 36.6 Å². The highest BCUT2D eigenvalue weighted by Crippen LogP contribution is 2.32. The third kappa shape index (κ3) is 3.47. The van der Waals surface area contributed by atoms with Crippen LogP contribution in [0.2, 0.25) is 0 Å². The standard InChI is InChI=1S/C17H20N2O4/c1-18-17(21)13-3-2-8-19(10-13)16(20)7-5-12-4-6-14-15(9-12)23-11-22-14/h4-7,9,13H,2-3,8,10-11H2,1H3,(H,18,21)/b7-5-/t13-/m0/s1. The Morgan fingerprint density at radius 3 is 2.96 bits per heavy atom. The molecule has 1 atom stereocenters. The molecular formula is C17H20N2O4. The number of carbonyl (C=O) groups excluding carboxylic acids is 2. The molecule has 0 saturated carbocycles. The van der Waals surface area contributed by atoms with Crippen molar-refractivity contribution in [2.24, 2.45) is 5.92 Å². The molecule has 122 valence electrons. The Morgan fingerprint density at radius 2 is 2.13 bits per heavy atom. The van der Waals surface area contributed by atoms with E-state index in [4.69, 9.17) is 9.47 Å². The van der Waals surface area contributed by atoms with Crippen molar-refractivity contribution >= 4 is 17.9 Å². The van der Waals surface area contributed by atoms with Crippen molar-refractivity contribution in [2.45, 2.75) is 12.8 Å². The fraction of sp³-hybridized carbons (Fsp3) is 0.412. The van der Waals surface area contributed by atoms with Crippen molar-refractivity contribution in [3.63, 3.8) is 0 Å². The molecule has 6 heteroatoms. The first-order chi connectivity index (χ1) is 11.2. The number of hydrogen-bond donors (Lipinski definition) is 1. The van der Waals surface area contributed by atoms with Crippen LogP contribution < -0.4 is 14.8 Å². The Hall–Kier alpha value is -2.50. The number of nitrogens with zero attached hydrogens (tertiary/aromatic N) is 1. The number of benzene rings is 1. The second-order valence-corrected chi connectivity index (χ2v) is 5.68. The molecule has 2 heterocycles. The van der Waals surface area contributed by atoms with Crippen LogP contribution in [0, 0.1) is 5.92 Å². The molecule has 6 nitrogen and oxygen atoms in total. The quantitative estimate of drug-likeness (QED) is 0.856. The third-order valence-electron chi connectivity index (χ3n) is 4.17. The summed E-state index contributed by atoms with van der Waals surface area (Å²) in [7, 11) is 1.63. The number of rotatable bonds is 3. The van der Waals surface area contributed by atoms with Gasteiger partial charge in [0.15, 0.2) is 11.5 Å². The van der Waals surface area contributed by atoms with Crippen LogP contribution in [0.15, 0.2) is 24.3 Å². The molecular weight excluding hydrogens is 296 g/mol. The summed E-state index contributed by atoms with van der Waals surface area (Å²) in [6.45, 7) is 1.40. The number of hydrogen-bond acceptors (Lipinski definition) is 4. The fourth-order valence-corrected chi connectivity index (χ4v) is 2.89. The highest BCUT2D eigenvalue weighted by molar-refractivity contribution is 5.92. The molecule has 1 aromatic carbocycles. The molecule has 23 heavy (non-hydrogen) atoms. The Balaban J connectivity index is 1.63. The average molecular weight is 316 g/mol. The molecule has 2 aliphatic rings. The smallest absolute Gasteiger partial charge is 0.246 e. The summed E-state index contributed by atoms with van der Waals surface area (Å²) < 4.78 is 10.6. The molecule has 2 amide bonds. The lowest BCUT2D eigenvalue weighted by Gasteiger charge is -2.31. The van der Waals surface area contributed by atoms with E-state index in [1.165, 1.54) is 0 Å². The minimum Gasteiger partial charge on any atom is -0.454 e. The molecule has 0 unspecified atom stereocenters. The highest BCUT2D eigenvalue weighted by atomic mass is 16.7. The van der Waals surface area contributed by atoms with Gasteiger partial charge in [0.25, 0.3) is 0 Å². The molecule has 0 radical (unpaired) electrons. The van der Waals surface area contributed by atoms with E-state index >= 15 is 0 Å². The Bertz CT molecular complexity index is 641. The fourth-order valence-electron chi connectivity index (χ4n) is 2.89. The summed E-state index contributed by atoms with van der Waals surface area (Å²) in [4.78, 5) is 25.8. The van der Waals surface area contributed by atoms with E-state index in [0.717, 1.165) is 24.2 Å². The number of carbonyl (C=O) groups is 2. The van der Waals surface area contributed by atoms with E-state index in [1.54, 1.807) is 24.1 Å². The predicted octanol–water partition coefficient (Wildman–Crippen LogP) is 1.41. The van der Waals surface area contributed by atoms with Crippen LogP contribution >= 0.6 is 0 Å². The monoisotopic (exact) mass is 316 g/mol. The first-order valence-electron chi connectivity index (χ1n) is 7.75. The number of likely N-dealkylation sites (tertiary alicyclic amines) is 1. The van der Waals surface area contributed by atoms with Crippen LogP contribution in [-0.2, 0) is 9.59 Å². The molecule has 0 aliphatic carbocycles. The second kappa shape index (κ2) is 6.73. The molecule has 3 rings (SSSR count). The van der Waals surface area contributed by atoms with Gasteiger partial charge in [0.1, 0.15) is 0 Å². The number of fused-ring (bicyclic) bond motifs is 1. The van der Waals surface area contributed by atoms with Gasteiger partial charge < -0.3 is 19.7 Å². The van der Waals surface area contributed by atoms with E-state index in [1.807, 2.05) is 18.2 Å².